The van der Waals surface area contributed by atoms with Gasteiger partial charge in [0.05, 0.1) is 0 Å². The quantitative estimate of drug-likeness (QED) is 0.412. The zero-order chi connectivity index (χ0) is 7.98. The van der Waals surface area contributed by atoms with Gasteiger partial charge >= 0.3 is 5.97 Å². The lowest BCUT2D eigenvalue weighted by molar-refractivity contribution is -0.138. The Hall–Kier alpha value is -0.320. The van der Waals surface area contributed by atoms with Gasteiger partial charge in [0, 0.05) is 0 Å². The summed E-state index contributed by atoms with van der Waals surface area (Å²) in [5.41, 5.74) is 10.4. The summed E-state index contributed by atoms with van der Waals surface area (Å²) >= 11 is 0. The average Bonchev–Trinajstić information content (AvgIpc) is 1.88. The fourth-order valence-electron chi connectivity index (χ4n) is 0.632. The first kappa shape index (κ1) is 13.3. The lowest BCUT2D eigenvalue weighted by atomic mass is 10.1. The molecule has 68 valence electrons. The molecular weight excluding hydrogens is 169 g/mol. The number of aliphatic carboxylic acids is 1. The van der Waals surface area contributed by atoms with Crippen molar-refractivity contribution in [2.24, 2.45) is 11.5 Å². The number of hydrogen-bond donors (Lipinski definition) is 3. The molecule has 0 saturated carbocycles. The summed E-state index contributed by atoms with van der Waals surface area (Å²) < 4.78 is 0. The molecule has 0 heterocycles. The maximum atomic E-state index is 10.1. The highest BCUT2D eigenvalue weighted by Crippen LogP contribution is 1.96. The van der Waals surface area contributed by atoms with Crippen LogP contribution in [0.3, 0.4) is 0 Å². The molecule has 4 nitrogen and oxygen atoms in total. The van der Waals surface area contributed by atoms with Crippen LogP contribution < -0.4 is 11.5 Å². The molecule has 0 amide bonds. The first-order valence-corrected chi connectivity index (χ1v) is 3.37. The van der Waals surface area contributed by atoms with Crippen LogP contribution in [0.5, 0.6) is 0 Å². The molecule has 11 heavy (non-hydrogen) atoms. The third-order valence-electron chi connectivity index (χ3n) is 1.29. The number of rotatable bonds is 5. The van der Waals surface area contributed by atoms with Gasteiger partial charge in [0.15, 0.2) is 0 Å². The van der Waals surface area contributed by atoms with Crippen molar-refractivity contribution in [3.05, 3.63) is 0 Å². The molecule has 1 unspecified atom stereocenters. The van der Waals surface area contributed by atoms with E-state index >= 15 is 0 Å². The summed E-state index contributed by atoms with van der Waals surface area (Å²) in [5, 5.41) is 8.33. The van der Waals surface area contributed by atoms with E-state index in [2.05, 4.69) is 0 Å². The molecular formula is C6H15ClN2O2. The molecule has 1 atom stereocenters. The van der Waals surface area contributed by atoms with Crippen molar-refractivity contribution in [2.45, 2.75) is 25.3 Å². The number of carboxylic acids is 1. The monoisotopic (exact) mass is 183 g/mol. The summed E-state index contributed by atoms with van der Waals surface area (Å²) in [6, 6.07) is -0.716. The van der Waals surface area contributed by atoms with Crippen molar-refractivity contribution in [2.75, 3.05) is 6.54 Å². The van der Waals surface area contributed by atoms with Gasteiger partial charge in [0.2, 0.25) is 0 Å². The van der Waals surface area contributed by atoms with Crippen molar-refractivity contribution < 1.29 is 9.90 Å². The van der Waals surface area contributed by atoms with Crippen molar-refractivity contribution in [1.29, 1.82) is 0 Å². The average molecular weight is 184 g/mol. The third-order valence-corrected chi connectivity index (χ3v) is 1.29. The van der Waals surface area contributed by atoms with Crippen LogP contribution in [-0.2, 0) is 4.79 Å². The van der Waals surface area contributed by atoms with Gasteiger partial charge in [-0.25, -0.2) is 0 Å². The van der Waals surface area contributed by atoms with Crippen LogP contribution in [0.1, 0.15) is 19.3 Å². The Labute approximate surface area is 72.4 Å². The molecule has 0 saturated heterocycles. The maximum Gasteiger partial charge on any atom is 0.320 e. The maximum absolute atomic E-state index is 10.1. The third kappa shape index (κ3) is 7.58. The first-order valence-electron chi connectivity index (χ1n) is 3.37. The minimum absolute atomic E-state index is 0. The smallest absolute Gasteiger partial charge is 0.320 e. The summed E-state index contributed by atoms with van der Waals surface area (Å²) in [6.07, 6.45) is 2.16. The highest BCUT2D eigenvalue weighted by atomic mass is 35.5. The molecule has 0 spiro atoms. The lowest BCUT2D eigenvalue weighted by Gasteiger charge is -2.03. The Balaban J connectivity index is 0. The Kier molecular flexibility index (Phi) is 9.40. The Morgan fingerprint density at radius 1 is 1.45 bits per heavy atom. The highest BCUT2D eigenvalue weighted by Gasteiger charge is 2.09. The molecule has 0 fully saturated rings. The van der Waals surface area contributed by atoms with E-state index in [4.69, 9.17) is 16.6 Å². The van der Waals surface area contributed by atoms with Crippen LogP contribution in [-0.4, -0.2) is 23.7 Å². The molecule has 0 aliphatic carbocycles. The standard InChI is InChI=1S/C6H14N2O2.ClH/c7-4-2-1-3-5(8)6(9)10;/h5H,1-4,7-8H2,(H,9,10);1H/i4+1;. The Morgan fingerprint density at radius 2 is 2.00 bits per heavy atom. The zero-order valence-electron chi connectivity index (χ0n) is 6.32. The highest BCUT2D eigenvalue weighted by molar-refractivity contribution is 5.85. The number of carboxylic acid groups (broad SMARTS) is 1. The van der Waals surface area contributed by atoms with Crippen LogP contribution in [0.2, 0.25) is 0 Å². The molecule has 0 bridgehead atoms. The van der Waals surface area contributed by atoms with Gasteiger partial charge < -0.3 is 16.6 Å². The molecule has 0 aromatic rings. The summed E-state index contributed by atoms with van der Waals surface area (Å²) in [6.45, 7) is 0.604. The SMILES string of the molecule is Cl.N[13CH2]CCCC(N)C(=O)O. The summed E-state index contributed by atoms with van der Waals surface area (Å²) in [5.74, 6) is -0.933. The van der Waals surface area contributed by atoms with E-state index in [0.717, 1.165) is 12.8 Å². The fourth-order valence-corrected chi connectivity index (χ4v) is 0.632. The normalized spacial score (nSPS) is 11.8. The number of carbonyl (C=O) groups is 1. The molecule has 0 rings (SSSR count). The van der Waals surface area contributed by atoms with Crippen LogP contribution in [0.25, 0.3) is 0 Å². The second-order valence-electron chi connectivity index (χ2n) is 2.23. The first-order chi connectivity index (χ1) is 4.68. The van der Waals surface area contributed by atoms with Gasteiger partial charge in [-0.15, -0.1) is 12.4 Å². The van der Waals surface area contributed by atoms with E-state index in [-0.39, 0.29) is 12.4 Å². The van der Waals surface area contributed by atoms with Crippen LogP contribution in [0.15, 0.2) is 0 Å². The van der Waals surface area contributed by atoms with Gasteiger partial charge in [-0.1, -0.05) is 6.42 Å². The van der Waals surface area contributed by atoms with Crippen LogP contribution in [0, 0.1) is 0 Å². The fraction of sp³-hybridized carbons (Fsp3) is 0.833. The molecule has 0 aliphatic rings. The summed E-state index contributed by atoms with van der Waals surface area (Å²) in [7, 11) is 0. The number of hydrogen-bond acceptors (Lipinski definition) is 3. The zero-order valence-corrected chi connectivity index (χ0v) is 7.14. The van der Waals surface area contributed by atoms with Gasteiger partial charge in [-0.05, 0) is 19.4 Å². The van der Waals surface area contributed by atoms with Crippen molar-refractivity contribution >= 4 is 18.4 Å². The van der Waals surface area contributed by atoms with Crippen molar-refractivity contribution in [1.82, 2.24) is 0 Å². The van der Waals surface area contributed by atoms with Crippen LogP contribution in [0.4, 0.5) is 0 Å². The largest absolute Gasteiger partial charge is 0.480 e. The van der Waals surface area contributed by atoms with E-state index in [1.807, 2.05) is 0 Å². The molecule has 0 aliphatic heterocycles. The minimum Gasteiger partial charge on any atom is -0.480 e. The van der Waals surface area contributed by atoms with E-state index in [0.29, 0.717) is 13.0 Å². The van der Waals surface area contributed by atoms with Crippen LogP contribution >= 0.6 is 12.4 Å². The lowest BCUT2D eigenvalue weighted by Crippen LogP contribution is -2.29. The molecule has 5 heteroatoms. The predicted octanol–water partition coefficient (Wildman–Crippen LogP) is -0.0509. The predicted molar refractivity (Wildman–Crippen MR) is 45.8 cm³/mol. The second kappa shape index (κ2) is 7.78. The van der Waals surface area contributed by atoms with E-state index in [9.17, 15) is 4.79 Å². The molecule has 0 aromatic heterocycles. The molecule has 0 aromatic carbocycles. The van der Waals surface area contributed by atoms with Gasteiger partial charge in [-0.2, -0.15) is 0 Å². The Bertz CT molecular complexity index is 111. The van der Waals surface area contributed by atoms with E-state index in [1.165, 1.54) is 0 Å². The number of halogens is 1. The molecule has 0 radical (unpaired) electrons. The number of nitrogens with two attached hydrogens (primary N) is 2. The van der Waals surface area contributed by atoms with Gasteiger partial charge in [-0.3, -0.25) is 4.79 Å². The Morgan fingerprint density at radius 3 is 2.36 bits per heavy atom. The van der Waals surface area contributed by atoms with Crippen molar-refractivity contribution in [3.63, 3.8) is 0 Å². The number of unbranched alkanes of at least 4 members (excludes halogenated alkanes) is 1. The van der Waals surface area contributed by atoms with Crippen molar-refractivity contribution in [3.8, 4) is 0 Å². The second-order valence-corrected chi connectivity index (χ2v) is 2.23. The van der Waals surface area contributed by atoms with E-state index in [1.54, 1.807) is 0 Å². The van der Waals surface area contributed by atoms with E-state index < -0.39 is 12.0 Å². The van der Waals surface area contributed by atoms with Gasteiger partial charge in [0.25, 0.3) is 0 Å². The molecule has 5 N–H and O–H groups in total. The summed E-state index contributed by atoms with van der Waals surface area (Å²) in [4.78, 5) is 10.1. The van der Waals surface area contributed by atoms with Gasteiger partial charge in [0.1, 0.15) is 6.04 Å². The topological polar surface area (TPSA) is 89.3 Å². The minimum atomic E-state index is -0.933.